The topological polar surface area (TPSA) is 115 Å². The molecular formula is C23H28N6O2. The predicted octanol–water partition coefficient (Wildman–Crippen LogP) is 2.89. The average Bonchev–Trinajstić information content (AvgIpc) is 3.30. The van der Waals surface area contributed by atoms with E-state index in [4.69, 9.17) is 0 Å². The number of likely N-dealkylation sites (tertiary alicyclic amines) is 1. The molecule has 2 N–H and O–H groups in total. The summed E-state index contributed by atoms with van der Waals surface area (Å²) < 4.78 is 0. The molecule has 0 unspecified atom stereocenters. The Balaban J connectivity index is 1.32. The number of nitrogens with zero attached hydrogens (tertiary/aromatic N) is 4. The Morgan fingerprint density at radius 2 is 1.94 bits per heavy atom. The number of carbonyl (C=O) groups excluding carboxylic acids is 2. The van der Waals surface area contributed by atoms with Crippen molar-refractivity contribution in [1.82, 2.24) is 25.4 Å². The Kier molecular flexibility index (Phi) is 6.31. The number of nitrogens with one attached hydrogen (secondary N) is 2. The molecule has 162 valence electrons. The number of hydrogen-bond donors (Lipinski definition) is 2. The fourth-order valence-corrected chi connectivity index (χ4v) is 4.51. The van der Waals surface area contributed by atoms with E-state index in [-0.39, 0.29) is 17.7 Å². The number of pyridine rings is 1. The van der Waals surface area contributed by atoms with Gasteiger partial charge in [-0.3, -0.25) is 19.7 Å². The number of aromatic nitrogens is 3. The van der Waals surface area contributed by atoms with Gasteiger partial charge in [0.2, 0.25) is 5.91 Å². The van der Waals surface area contributed by atoms with Crippen LogP contribution in [-0.2, 0) is 4.79 Å². The summed E-state index contributed by atoms with van der Waals surface area (Å²) >= 11 is 0. The highest BCUT2D eigenvalue weighted by Gasteiger charge is 2.30. The monoisotopic (exact) mass is 420 g/mol. The fraction of sp³-hybridized carbons (Fsp3) is 0.522. The normalized spacial score (nSPS) is 22.0. The molecule has 8 nitrogen and oxygen atoms in total. The van der Waals surface area contributed by atoms with Gasteiger partial charge < -0.3 is 10.2 Å². The Labute approximate surface area is 182 Å². The van der Waals surface area contributed by atoms with Gasteiger partial charge in [-0.2, -0.15) is 10.4 Å². The SMILES string of the molecule is CC1CCC(NC(=O)C2CCN(C(=O)c3cc(-c4ccncc4C#N)n[nH]3)CC2)CC1. The second-order valence-corrected chi connectivity index (χ2v) is 8.73. The predicted molar refractivity (Wildman–Crippen MR) is 115 cm³/mol. The summed E-state index contributed by atoms with van der Waals surface area (Å²) in [7, 11) is 0. The third kappa shape index (κ3) is 4.76. The van der Waals surface area contributed by atoms with Crippen molar-refractivity contribution in [2.24, 2.45) is 11.8 Å². The largest absolute Gasteiger partial charge is 0.353 e. The lowest BCUT2D eigenvalue weighted by Gasteiger charge is -2.33. The highest BCUT2D eigenvalue weighted by Crippen LogP contribution is 2.26. The molecular weight excluding hydrogens is 392 g/mol. The maximum absolute atomic E-state index is 12.9. The van der Waals surface area contributed by atoms with E-state index >= 15 is 0 Å². The zero-order valence-corrected chi connectivity index (χ0v) is 17.8. The van der Waals surface area contributed by atoms with Gasteiger partial charge in [-0.15, -0.1) is 0 Å². The van der Waals surface area contributed by atoms with Gasteiger partial charge in [-0.05, 0) is 56.6 Å². The van der Waals surface area contributed by atoms with Crippen LogP contribution in [-0.4, -0.2) is 51.0 Å². The van der Waals surface area contributed by atoms with Crippen LogP contribution in [0.3, 0.4) is 0 Å². The number of H-pyrrole nitrogens is 1. The molecule has 0 radical (unpaired) electrons. The molecule has 2 fully saturated rings. The van der Waals surface area contributed by atoms with Crippen LogP contribution in [0.1, 0.15) is 61.5 Å². The molecule has 0 spiro atoms. The molecule has 1 saturated heterocycles. The fourth-order valence-electron chi connectivity index (χ4n) is 4.51. The van der Waals surface area contributed by atoms with Crippen LogP contribution in [0.2, 0.25) is 0 Å². The number of hydrogen-bond acceptors (Lipinski definition) is 5. The summed E-state index contributed by atoms with van der Waals surface area (Å²) in [6.45, 7) is 3.37. The molecule has 0 atom stereocenters. The molecule has 2 aromatic heterocycles. The molecule has 1 saturated carbocycles. The number of piperidine rings is 1. The summed E-state index contributed by atoms with van der Waals surface area (Å²) in [5.41, 5.74) is 1.97. The minimum absolute atomic E-state index is 0.0317. The van der Waals surface area contributed by atoms with Crippen LogP contribution >= 0.6 is 0 Å². The summed E-state index contributed by atoms with van der Waals surface area (Å²) in [6, 6.07) is 5.77. The van der Waals surface area contributed by atoms with Crippen molar-refractivity contribution in [3.8, 4) is 17.3 Å². The zero-order chi connectivity index (χ0) is 21.8. The maximum Gasteiger partial charge on any atom is 0.271 e. The number of rotatable bonds is 4. The average molecular weight is 421 g/mol. The van der Waals surface area contributed by atoms with Crippen LogP contribution < -0.4 is 5.32 Å². The molecule has 4 rings (SSSR count). The molecule has 2 amide bonds. The van der Waals surface area contributed by atoms with Crippen molar-refractivity contribution in [2.45, 2.75) is 51.5 Å². The first-order chi connectivity index (χ1) is 15.0. The Morgan fingerprint density at radius 1 is 1.19 bits per heavy atom. The van der Waals surface area contributed by atoms with Crippen molar-refractivity contribution < 1.29 is 9.59 Å². The van der Waals surface area contributed by atoms with Crippen LogP contribution in [0.5, 0.6) is 0 Å². The van der Waals surface area contributed by atoms with Crippen molar-refractivity contribution in [3.63, 3.8) is 0 Å². The number of amides is 2. The van der Waals surface area contributed by atoms with Crippen molar-refractivity contribution in [2.75, 3.05) is 13.1 Å². The quantitative estimate of drug-likeness (QED) is 0.789. The Morgan fingerprint density at radius 3 is 2.65 bits per heavy atom. The minimum atomic E-state index is -0.133. The zero-order valence-electron chi connectivity index (χ0n) is 17.8. The lowest BCUT2D eigenvalue weighted by atomic mass is 9.86. The third-order valence-corrected chi connectivity index (χ3v) is 6.54. The highest BCUT2D eigenvalue weighted by molar-refractivity contribution is 5.93. The van der Waals surface area contributed by atoms with Crippen LogP contribution in [0.4, 0.5) is 0 Å². The van der Waals surface area contributed by atoms with Gasteiger partial charge in [-0.1, -0.05) is 6.92 Å². The molecule has 3 heterocycles. The standard InChI is InChI=1S/C23H28N6O2/c1-15-2-4-18(5-3-15)26-22(30)16-7-10-29(11-8-16)23(31)21-12-20(27-28-21)19-6-9-25-14-17(19)13-24/h6,9,12,14-16,18H,2-5,7-8,10-11H2,1H3,(H,26,30)(H,27,28). The molecule has 0 aromatic carbocycles. The smallest absolute Gasteiger partial charge is 0.271 e. The highest BCUT2D eigenvalue weighted by atomic mass is 16.2. The first-order valence-electron chi connectivity index (χ1n) is 11.0. The van der Waals surface area contributed by atoms with E-state index in [0.29, 0.717) is 54.5 Å². The second-order valence-electron chi connectivity index (χ2n) is 8.73. The van der Waals surface area contributed by atoms with Crippen LogP contribution in [0, 0.1) is 23.2 Å². The molecule has 31 heavy (non-hydrogen) atoms. The van der Waals surface area contributed by atoms with Gasteiger partial charge >= 0.3 is 0 Å². The van der Waals surface area contributed by atoms with E-state index in [1.807, 2.05) is 0 Å². The van der Waals surface area contributed by atoms with E-state index in [2.05, 4.69) is 33.5 Å². The van der Waals surface area contributed by atoms with E-state index in [0.717, 1.165) is 18.8 Å². The van der Waals surface area contributed by atoms with E-state index in [9.17, 15) is 14.9 Å². The number of aromatic amines is 1. The van der Waals surface area contributed by atoms with E-state index in [1.165, 1.54) is 19.0 Å². The molecule has 1 aliphatic heterocycles. The van der Waals surface area contributed by atoms with Gasteiger partial charge in [0.25, 0.3) is 5.91 Å². The van der Waals surface area contributed by atoms with Crippen LogP contribution in [0.25, 0.3) is 11.3 Å². The van der Waals surface area contributed by atoms with Crippen molar-refractivity contribution >= 4 is 11.8 Å². The molecule has 0 bridgehead atoms. The van der Waals surface area contributed by atoms with Gasteiger partial charge in [-0.25, -0.2) is 0 Å². The van der Waals surface area contributed by atoms with E-state index < -0.39 is 0 Å². The third-order valence-electron chi connectivity index (χ3n) is 6.54. The van der Waals surface area contributed by atoms with Crippen molar-refractivity contribution in [1.29, 1.82) is 5.26 Å². The molecule has 2 aliphatic rings. The van der Waals surface area contributed by atoms with Crippen LogP contribution in [0.15, 0.2) is 24.5 Å². The summed E-state index contributed by atoms with van der Waals surface area (Å²) in [5, 5.41) is 19.5. The maximum atomic E-state index is 12.9. The van der Waals surface area contributed by atoms with Crippen molar-refractivity contribution in [3.05, 3.63) is 35.8 Å². The van der Waals surface area contributed by atoms with Gasteiger partial charge in [0.05, 0.1) is 11.3 Å². The van der Waals surface area contributed by atoms with Gasteiger partial charge in [0, 0.05) is 43.0 Å². The second kappa shape index (κ2) is 9.29. The molecule has 1 aliphatic carbocycles. The summed E-state index contributed by atoms with van der Waals surface area (Å²) in [6.07, 6.45) is 8.91. The first kappa shape index (κ1) is 21.0. The van der Waals surface area contributed by atoms with Gasteiger partial charge in [0.1, 0.15) is 11.8 Å². The Bertz CT molecular complexity index is 978. The summed E-state index contributed by atoms with van der Waals surface area (Å²) in [4.78, 5) is 31.3. The summed E-state index contributed by atoms with van der Waals surface area (Å²) in [5.74, 6) is 0.731. The lowest BCUT2D eigenvalue weighted by Crippen LogP contribution is -2.46. The first-order valence-corrected chi connectivity index (χ1v) is 11.0. The lowest BCUT2D eigenvalue weighted by molar-refractivity contribution is -0.127. The number of nitriles is 1. The molecule has 8 heteroatoms. The minimum Gasteiger partial charge on any atom is -0.353 e. The Hall–Kier alpha value is -3.21. The molecule has 2 aromatic rings. The number of carbonyl (C=O) groups is 2. The van der Waals surface area contributed by atoms with E-state index in [1.54, 1.807) is 23.2 Å². The van der Waals surface area contributed by atoms with Gasteiger partial charge in [0.15, 0.2) is 0 Å².